The molecule has 3 N–H and O–H groups in total. The van der Waals surface area contributed by atoms with Crippen molar-refractivity contribution in [1.29, 1.82) is 0 Å². The van der Waals surface area contributed by atoms with Crippen LogP contribution in [-0.2, 0) is 33.4 Å². The molecule has 0 saturated carbocycles. The Morgan fingerprint density at radius 1 is 1.03 bits per heavy atom. The van der Waals surface area contributed by atoms with Crippen LogP contribution in [0.1, 0.15) is 54.4 Å². The van der Waals surface area contributed by atoms with Crippen LogP contribution in [0.2, 0.25) is 0 Å². The number of nitrogens with one attached hydrogen (secondary N) is 1. The second-order valence-corrected chi connectivity index (χ2v) is 7.29. The molecule has 0 fully saturated rings. The Balaban J connectivity index is 5.95. The third-order valence-electron chi connectivity index (χ3n) is 3.56. The van der Waals surface area contributed by atoms with Gasteiger partial charge in [-0.25, -0.2) is 14.5 Å². The molecule has 0 heterocycles. The number of nitrogens with zero attached hydrogens (tertiary/aromatic N) is 1. The van der Waals surface area contributed by atoms with Gasteiger partial charge in [-0.3, -0.25) is 14.4 Å². The molecule has 0 aromatic rings. The number of carbonyl (C=O) groups excluding carboxylic acids is 5. The van der Waals surface area contributed by atoms with E-state index in [9.17, 15) is 24.0 Å². The fourth-order valence-corrected chi connectivity index (χ4v) is 2.33. The fraction of sp³-hybridized carbons (Fsp3) is 0.737. The third kappa shape index (κ3) is 9.68. The van der Waals surface area contributed by atoms with Crippen molar-refractivity contribution in [3.8, 4) is 0 Å². The summed E-state index contributed by atoms with van der Waals surface area (Å²) in [7, 11) is 0. The molecule has 0 aromatic heterocycles. The number of imide groups is 1. The van der Waals surface area contributed by atoms with Gasteiger partial charge in [0.05, 0.1) is 19.8 Å². The van der Waals surface area contributed by atoms with Crippen LogP contribution in [0, 0.1) is 0 Å². The summed E-state index contributed by atoms with van der Waals surface area (Å²) >= 11 is 0. The van der Waals surface area contributed by atoms with Crippen LogP contribution in [0.15, 0.2) is 0 Å². The largest absolute Gasteiger partial charge is 0.466 e. The Morgan fingerprint density at radius 3 is 2.07 bits per heavy atom. The maximum atomic E-state index is 13.0. The van der Waals surface area contributed by atoms with Crippen LogP contribution in [-0.4, -0.2) is 72.2 Å². The zero-order chi connectivity index (χ0) is 23.5. The van der Waals surface area contributed by atoms with E-state index in [4.69, 9.17) is 19.9 Å². The van der Waals surface area contributed by atoms with Crippen molar-refractivity contribution in [1.82, 2.24) is 10.2 Å². The molecule has 11 nitrogen and oxygen atoms in total. The van der Waals surface area contributed by atoms with Gasteiger partial charge in [-0.15, -0.1) is 0 Å². The Kier molecular flexibility index (Phi) is 11.6. The van der Waals surface area contributed by atoms with E-state index in [-0.39, 0.29) is 32.6 Å². The lowest BCUT2D eigenvalue weighted by Crippen LogP contribution is -2.57. The monoisotopic (exact) mass is 431 g/mol. The summed E-state index contributed by atoms with van der Waals surface area (Å²) in [6.07, 6.45) is -1.59. The van der Waals surface area contributed by atoms with E-state index < -0.39 is 47.5 Å². The number of esters is 2. The van der Waals surface area contributed by atoms with E-state index in [1.54, 1.807) is 34.6 Å². The highest BCUT2D eigenvalue weighted by atomic mass is 16.6. The van der Waals surface area contributed by atoms with E-state index >= 15 is 0 Å². The van der Waals surface area contributed by atoms with E-state index in [0.29, 0.717) is 4.90 Å². The van der Waals surface area contributed by atoms with Crippen molar-refractivity contribution in [3.05, 3.63) is 0 Å². The summed E-state index contributed by atoms with van der Waals surface area (Å²) in [6.45, 7) is 9.05. The molecule has 0 unspecified atom stereocenters. The Morgan fingerprint density at radius 2 is 1.60 bits per heavy atom. The van der Waals surface area contributed by atoms with E-state index in [2.05, 4.69) is 5.32 Å². The first kappa shape index (κ1) is 27.3. The minimum atomic E-state index is -1.45. The number of hydrogen-bond donors (Lipinski definition) is 2. The minimum absolute atomic E-state index is 0.00937. The number of hydrogen-bond acceptors (Lipinski definition) is 9. The SMILES string of the molecule is CCOC(=O)CC[C@H](C(=O)OCC)N(C(=O)OC(C)(C)C)C(=O)[C@@H](C)NC(=O)CN. The van der Waals surface area contributed by atoms with Crippen molar-refractivity contribution in [3.63, 3.8) is 0 Å². The predicted octanol–water partition coefficient (Wildman–Crippen LogP) is 0.489. The maximum absolute atomic E-state index is 13.0. The van der Waals surface area contributed by atoms with Gasteiger partial charge in [-0.05, 0) is 48.0 Å². The highest BCUT2D eigenvalue weighted by molar-refractivity contribution is 6.00. The molecule has 0 aliphatic carbocycles. The molecule has 3 amide bonds. The number of amides is 3. The molecule has 0 saturated heterocycles. The number of ether oxygens (including phenoxy) is 3. The summed E-state index contributed by atoms with van der Waals surface area (Å²) in [6, 6.07) is -2.64. The fourth-order valence-electron chi connectivity index (χ4n) is 2.33. The smallest absolute Gasteiger partial charge is 0.417 e. The Labute approximate surface area is 176 Å². The van der Waals surface area contributed by atoms with Crippen molar-refractivity contribution in [2.75, 3.05) is 19.8 Å². The molecule has 30 heavy (non-hydrogen) atoms. The molecule has 172 valence electrons. The van der Waals surface area contributed by atoms with Gasteiger partial charge in [0.2, 0.25) is 5.91 Å². The summed E-state index contributed by atoms with van der Waals surface area (Å²) in [4.78, 5) is 62.2. The molecule has 0 spiro atoms. The Bertz CT molecular complexity index is 630. The van der Waals surface area contributed by atoms with Gasteiger partial charge in [-0.1, -0.05) is 0 Å². The van der Waals surface area contributed by atoms with Crippen molar-refractivity contribution in [2.45, 2.75) is 72.1 Å². The summed E-state index contributed by atoms with van der Waals surface area (Å²) in [5, 5.41) is 2.33. The van der Waals surface area contributed by atoms with Crippen LogP contribution in [0.4, 0.5) is 4.79 Å². The van der Waals surface area contributed by atoms with Crippen LogP contribution in [0.25, 0.3) is 0 Å². The zero-order valence-electron chi connectivity index (χ0n) is 18.5. The van der Waals surface area contributed by atoms with Crippen LogP contribution in [0.3, 0.4) is 0 Å². The minimum Gasteiger partial charge on any atom is -0.466 e. The first-order valence-electron chi connectivity index (χ1n) is 9.75. The Hall–Kier alpha value is -2.69. The number of nitrogens with two attached hydrogens (primary N) is 1. The molecule has 11 heteroatoms. The standard InChI is InChI=1S/C19H33N3O8/c1-7-28-15(24)10-9-13(17(26)29-8-2)22(18(27)30-19(4,5)6)16(25)12(3)21-14(23)11-20/h12-13H,7-11,20H2,1-6H3,(H,21,23)/t12-,13-/m1/s1. The second-order valence-electron chi connectivity index (χ2n) is 7.29. The normalized spacial score (nSPS) is 12.9. The number of carbonyl (C=O) groups is 5. The van der Waals surface area contributed by atoms with E-state index in [1.165, 1.54) is 6.92 Å². The third-order valence-corrected chi connectivity index (χ3v) is 3.56. The van der Waals surface area contributed by atoms with Gasteiger partial charge in [0, 0.05) is 6.42 Å². The van der Waals surface area contributed by atoms with Crippen LogP contribution in [0.5, 0.6) is 0 Å². The van der Waals surface area contributed by atoms with Gasteiger partial charge >= 0.3 is 18.0 Å². The van der Waals surface area contributed by atoms with Gasteiger partial charge in [-0.2, -0.15) is 0 Å². The predicted molar refractivity (Wildman–Crippen MR) is 106 cm³/mol. The number of rotatable bonds is 10. The van der Waals surface area contributed by atoms with Crippen molar-refractivity contribution >= 4 is 29.8 Å². The molecule has 0 aliphatic rings. The van der Waals surface area contributed by atoms with Crippen molar-refractivity contribution in [2.24, 2.45) is 5.73 Å². The lowest BCUT2D eigenvalue weighted by molar-refractivity contribution is -0.156. The molecule has 0 aromatic carbocycles. The topological polar surface area (TPSA) is 154 Å². The average molecular weight is 431 g/mol. The highest BCUT2D eigenvalue weighted by Crippen LogP contribution is 2.18. The maximum Gasteiger partial charge on any atom is 0.417 e. The summed E-state index contributed by atoms with van der Waals surface area (Å²) in [5.74, 6) is -3.03. The van der Waals surface area contributed by atoms with Gasteiger partial charge < -0.3 is 25.3 Å². The molecule has 0 rings (SSSR count). The van der Waals surface area contributed by atoms with Crippen LogP contribution >= 0.6 is 0 Å². The first-order chi connectivity index (χ1) is 13.9. The molecular formula is C19H33N3O8. The average Bonchev–Trinajstić information content (AvgIpc) is 2.63. The summed E-state index contributed by atoms with van der Waals surface area (Å²) in [5.41, 5.74) is 4.27. The zero-order valence-corrected chi connectivity index (χ0v) is 18.5. The van der Waals surface area contributed by atoms with Crippen LogP contribution < -0.4 is 11.1 Å². The highest BCUT2D eigenvalue weighted by Gasteiger charge is 2.40. The second kappa shape index (κ2) is 12.8. The lowest BCUT2D eigenvalue weighted by Gasteiger charge is -2.32. The molecular weight excluding hydrogens is 398 g/mol. The summed E-state index contributed by atoms with van der Waals surface area (Å²) < 4.78 is 15.1. The van der Waals surface area contributed by atoms with E-state index in [0.717, 1.165) is 0 Å². The van der Waals surface area contributed by atoms with Gasteiger partial charge in [0.1, 0.15) is 17.7 Å². The van der Waals surface area contributed by atoms with E-state index in [1.807, 2.05) is 0 Å². The first-order valence-corrected chi connectivity index (χ1v) is 9.75. The van der Waals surface area contributed by atoms with Gasteiger partial charge in [0.25, 0.3) is 5.91 Å². The molecule has 0 radical (unpaired) electrons. The van der Waals surface area contributed by atoms with Gasteiger partial charge in [0.15, 0.2) is 0 Å². The van der Waals surface area contributed by atoms with Crippen molar-refractivity contribution < 1.29 is 38.2 Å². The molecule has 0 aliphatic heterocycles. The molecule has 0 bridgehead atoms. The molecule has 2 atom stereocenters. The lowest BCUT2D eigenvalue weighted by atomic mass is 10.1. The quantitative estimate of drug-likeness (QED) is 0.371.